The normalized spacial score (nSPS) is 26.3. The van der Waals surface area contributed by atoms with Gasteiger partial charge in [-0.25, -0.2) is 4.79 Å². The number of ether oxygens (including phenoxy) is 2. The highest BCUT2D eigenvalue weighted by molar-refractivity contribution is 5.96. The van der Waals surface area contributed by atoms with E-state index in [-0.39, 0.29) is 37.1 Å². The molecule has 17 heteroatoms. The number of fused-ring (bicyclic) bond motifs is 1. The summed E-state index contributed by atoms with van der Waals surface area (Å²) in [6.07, 6.45) is 0.0591. The van der Waals surface area contributed by atoms with Crippen LogP contribution < -0.4 is 31.3 Å². The van der Waals surface area contributed by atoms with Crippen molar-refractivity contribution in [3.05, 3.63) is 29.8 Å². The van der Waals surface area contributed by atoms with Crippen LogP contribution in [0.1, 0.15) is 99.5 Å². The third-order valence-corrected chi connectivity index (χ3v) is 11.9. The minimum atomic E-state index is -1.45. The Morgan fingerprint density at radius 1 is 0.935 bits per heavy atom. The summed E-state index contributed by atoms with van der Waals surface area (Å²) in [6, 6.07) is -0.519. The second-order valence-corrected chi connectivity index (χ2v) is 18.0. The molecule has 0 spiro atoms. The number of esters is 1. The van der Waals surface area contributed by atoms with Crippen molar-refractivity contribution >= 4 is 41.4 Å². The SMILES string of the molecule is CC[C@H](C)[C@H]1NC(=O)[C@@H](NC(=O)[C@@H](CC(C)C)NC)COC(=O)[C@H](Cc2ccc(OC)cc2)N(C)C(=O)[C@@H]2CCCN2C(=O)[C@H](CC(C)C)NC(=O)[C@H](C(C)C)NC(=O)C[C@@H]1O. The number of benzene rings is 1. The number of carbonyl (C=O) groups excluding carboxylic acids is 7. The lowest BCUT2D eigenvalue weighted by Gasteiger charge is -2.34. The highest BCUT2D eigenvalue weighted by atomic mass is 16.5. The number of aliphatic hydroxyl groups is 1. The summed E-state index contributed by atoms with van der Waals surface area (Å²) in [5.41, 5.74) is 0.665. The second-order valence-electron chi connectivity index (χ2n) is 18.0. The first-order chi connectivity index (χ1) is 29.2. The molecule has 2 saturated heterocycles. The first kappa shape index (κ1) is 51.6. The summed E-state index contributed by atoms with van der Waals surface area (Å²) < 4.78 is 11.2. The number of likely N-dealkylation sites (N-methyl/N-ethyl adjacent to an activating group) is 2. The molecule has 0 saturated carbocycles. The Bertz CT molecular complexity index is 1690. The van der Waals surface area contributed by atoms with Crippen molar-refractivity contribution in [2.24, 2.45) is 23.7 Å². The second kappa shape index (κ2) is 24.2. The minimum absolute atomic E-state index is 0.00287. The molecule has 3 rings (SSSR count). The van der Waals surface area contributed by atoms with Crippen molar-refractivity contribution < 1.29 is 48.1 Å². The van der Waals surface area contributed by atoms with Crippen LogP contribution >= 0.6 is 0 Å². The fraction of sp³-hybridized carbons (Fsp3) is 0.711. The first-order valence-electron chi connectivity index (χ1n) is 22.1. The molecule has 0 aromatic heterocycles. The van der Waals surface area contributed by atoms with Crippen molar-refractivity contribution in [1.82, 2.24) is 36.4 Å². The van der Waals surface area contributed by atoms with Gasteiger partial charge in [-0.3, -0.25) is 28.8 Å². The van der Waals surface area contributed by atoms with Crippen LogP contribution in [-0.4, -0.2) is 139 Å². The van der Waals surface area contributed by atoms with Crippen LogP contribution in [0, 0.1) is 23.7 Å². The van der Waals surface area contributed by atoms with Gasteiger partial charge in [0.2, 0.25) is 35.4 Å². The molecule has 0 aliphatic carbocycles. The molecule has 1 aromatic carbocycles. The molecule has 0 radical (unpaired) electrons. The summed E-state index contributed by atoms with van der Waals surface area (Å²) in [5, 5.41) is 25.7. The molecule has 6 amide bonds. The van der Waals surface area contributed by atoms with Crippen LogP contribution in [0.2, 0.25) is 0 Å². The summed E-state index contributed by atoms with van der Waals surface area (Å²) in [5.74, 6) is -4.53. The van der Waals surface area contributed by atoms with E-state index in [1.807, 2.05) is 34.6 Å². The summed E-state index contributed by atoms with van der Waals surface area (Å²) in [4.78, 5) is 101. The van der Waals surface area contributed by atoms with E-state index < -0.39 is 109 Å². The fourth-order valence-electron chi connectivity index (χ4n) is 7.96. The summed E-state index contributed by atoms with van der Waals surface area (Å²) in [7, 11) is 4.61. The van der Waals surface area contributed by atoms with E-state index in [0.29, 0.717) is 37.0 Å². The highest BCUT2D eigenvalue weighted by Crippen LogP contribution is 2.25. The molecular weight excluding hydrogens is 799 g/mol. The third-order valence-electron chi connectivity index (χ3n) is 11.9. The smallest absolute Gasteiger partial charge is 0.329 e. The van der Waals surface area contributed by atoms with Gasteiger partial charge in [0.15, 0.2) is 0 Å². The van der Waals surface area contributed by atoms with E-state index in [2.05, 4.69) is 26.6 Å². The summed E-state index contributed by atoms with van der Waals surface area (Å²) >= 11 is 0. The molecule has 2 heterocycles. The molecule has 1 aromatic rings. The van der Waals surface area contributed by atoms with Crippen LogP contribution in [0.4, 0.5) is 0 Å². The van der Waals surface area contributed by atoms with Gasteiger partial charge in [-0.15, -0.1) is 0 Å². The maximum Gasteiger partial charge on any atom is 0.329 e. The van der Waals surface area contributed by atoms with Crippen LogP contribution in [0.25, 0.3) is 0 Å². The maximum atomic E-state index is 14.5. The van der Waals surface area contributed by atoms with E-state index in [1.165, 1.54) is 24.0 Å². The van der Waals surface area contributed by atoms with Gasteiger partial charge >= 0.3 is 5.97 Å². The third kappa shape index (κ3) is 14.4. The van der Waals surface area contributed by atoms with Crippen LogP contribution in [-0.2, 0) is 44.7 Å². The Morgan fingerprint density at radius 3 is 2.16 bits per heavy atom. The molecule has 348 valence electrons. The Kier molecular flexibility index (Phi) is 20.1. The number of amides is 6. The zero-order valence-electron chi connectivity index (χ0n) is 38.6. The first-order valence-corrected chi connectivity index (χ1v) is 22.1. The molecule has 0 unspecified atom stereocenters. The standard InChI is InChI=1S/C45H73N7O10/c1-12-28(8)39-36(53)23-37(54)49-38(27(6)7)42(57)47-32(21-26(4)5)43(58)52-19-13-14-34(52)44(59)51(10)35(22-29-15-17-30(61-11)18-16-29)45(60)62-24-33(41(56)50-39)48-40(55)31(46-9)20-25(2)3/h15-18,25-28,31-36,38-39,46,53H,12-14,19-24H2,1-11H3,(H,47,57)(H,48,55)(H,49,54)(H,50,56)/t28-,31+,32-,33-,34-,35-,36-,38-,39+/m0/s1. The predicted molar refractivity (Wildman–Crippen MR) is 233 cm³/mol. The van der Waals surface area contributed by atoms with Crippen molar-refractivity contribution in [2.45, 2.75) is 149 Å². The van der Waals surface area contributed by atoms with Gasteiger partial charge in [0.1, 0.15) is 42.6 Å². The average Bonchev–Trinajstić information content (AvgIpc) is 3.72. The number of hydrogen-bond acceptors (Lipinski definition) is 11. The Labute approximate surface area is 367 Å². The lowest BCUT2D eigenvalue weighted by Crippen LogP contribution is -2.59. The molecule has 9 atom stereocenters. The maximum absolute atomic E-state index is 14.5. The molecule has 62 heavy (non-hydrogen) atoms. The van der Waals surface area contributed by atoms with E-state index in [1.54, 1.807) is 52.1 Å². The molecular formula is C45H73N7O10. The van der Waals surface area contributed by atoms with Gasteiger partial charge in [0.05, 0.1) is 31.7 Å². The van der Waals surface area contributed by atoms with Crippen molar-refractivity contribution in [3.8, 4) is 5.75 Å². The fourth-order valence-corrected chi connectivity index (χ4v) is 7.96. The molecule has 6 N–H and O–H groups in total. The largest absolute Gasteiger partial charge is 0.497 e. The lowest BCUT2D eigenvalue weighted by atomic mass is 9.91. The Hall–Kier alpha value is -4.77. The lowest BCUT2D eigenvalue weighted by molar-refractivity contribution is -0.158. The van der Waals surface area contributed by atoms with Crippen LogP contribution in [0.5, 0.6) is 5.75 Å². The van der Waals surface area contributed by atoms with Gasteiger partial charge in [0.25, 0.3) is 0 Å². The van der Waals surface area contributed by atoms with Crippen LogP contribution in [0.3, 0.4) is 0 Å². The number of hydrogen-bond donors (Lipinski definition) is 6. The number of cyclic esters (lactones) is 1. The van der Waals surface area contributed by atoms with Gasteiger partial charge < -0.3 is 51.0 Å². The molecule has 2 aliphatic heterocycles. The molecule has 17 nitrogen and oxygen atoms in total. The van der Waals surface area contributed by atoms with Gasteiger partial charge in [-0.05, 0) is 74.1 Å². The molecule has 0 bridgehead atoms. The van der Waals surface area contributed by atoms with Gasteiger partial charge in [-0.2, -0.15) is 0 Å². The highest BCUT2D eigenvalue weighted by Gasteiger charge is 2.43. The van der Waals surface area contributed by atoms with Gasteiger partial charge in [0, 0.05) is 20.0 Å². The number of aliphatic hydroxyl groups excluding tert-OH is 1. The average molecular weight is 872 g/mol. The number of carbonyl (C=O) groups is 7. The Balaban J connectivity index is 2.17. The number of nitrogens with zero attached hydrogens (tertiary/aromatic N) is 2. The van der Waals surface area contributed by atoms with Crippen molar-refractivity contribution in [3.63, 3.8) is 0 Å². The van der Waals surface area contributed by atoms with E-state index in [0.717, 1.165) is 0 Å². The predicted octanol–water partition coefficient (Wildman–Crippen LogP) is 1.69. The quantitative estimate of drug-likeness (QED) is 0.157. The Morgan fingerprint density at radius 2 is 1.60 bits per heavy atom. The zero-order valence-corrected chi connectivity index (χ0v) is 38.6. The molecule has 2 fully saturated rings. The number of methoxy groups -OCH3 is 1. The number of nitrogens with one attached hydrogen (secondary N) is 5. The molecule has 2 aliphatic rings. The monoisotopic (exact) mass is 872 g/mol. The van der Waals surface area contributed by atoms with E-state index in [4.69, 9.17) is 9.47 Å². The van der Waals surface area contributed by atoms with E-state index >= 15 is 0 Å². The number of rotatable bonds is 13. The van der Waals surface area contributed by atoms with Gasteiger partial charge in [-0.1, -0.05) is 73.9 Å². The van der Waals surface area contributed by atoms with E-state index in [9.17, 15) is 38.7 Å². The topological polar surface area (TPSA) is 225 Å². The van der Waals surface area contributed by atoms with Crippen LogP contribution in [0.15, 0.2) is 24.3 Å². The minimum Gasteiger partial charge on any atom is -0.497 e. The van der Waals surface area contributed by atoms with Crippen molar-refractivity contribution in [2.75, 3.05) is 34.4 Å². The zero-order chi connectivity index (χ0) is 46.4. The summed E-state index contributed by atoms with van der Waals surface area (Å²) in [6.45, 7) is 14.5. The van der Waals surface area contributed by atoms with Crippen molar-refractivity contribution in [1.29, 1.82) is 0 Å².